The number of pyridine rings is 1. The Labute approximate surface area is 166 Å². The molecular formula is C17H21F3N4O4S. The van der Waals surface area contributed by atoms with Crippen molar-refractivity contribution in [3.63, 3.8) is 0 Å². The van der Waals surface area contributed by atoms with Crippen molar-refractivity contribution in [2.45, 2.75) is 38.3 Å². The van der Waals surface area contributed by atoms with E-state index < -0.39 is 34.7 Å². The Morgan fingerprint density at radius 2 is 2.21 bits per heavy atom. The molecule has 0 saturated carbocycles. The standard InChI is InChI=1S/C17H21F3N4O4S/c1-10-8-12(15(25)21-2)13-14(23-28-16(13)22-10)11-4-3-6-24(9-11)29(26,27)7-5-17(18,19)20/h8,11H,3-7,9H2,1-2H3,(H-,21,25,26,27). The van der Waals surface area contributed by atoms with E-state index in [1.165, 1.54) is 7.05 Å². The van der Waals surface area contributed by atoms with Crippen molar-refractivity contribution < 1.29 is 31.3 Å². The smallest absolute Gasteiger partial charge is 0.393 e. The average Bonchev–Trinajstić information content (AvgIpc) is 3.08. The number of sulfonamides is 1. The number of amides is 1. The van der Waals surface area contributed by atoms with Gasteiger partial charge in [-0.15, -0.1) is 4.31 Å². The van der Waals surface area contributed by atoms with Crippen LogP contribution in [0.15, 0.2) is 10.6 Å². The van der Waals surface area contributed by atoms with Gasteiger partial charge in [-0.1, -0.05) is 9.37 Å². The van der Waals surface area contributed by atoms with Crippen LogP contribution < -0.4 is 5.32 Å². The largest absolute Gasteiger partial charge is 0.598 e. The Balaban J connectivity index is 1.90. The number of aromatic nitrogens is 2. The molecule has 2 aromatic rings. The molecule has 3 heterocycles. The van der Waals surface area contributed by atoms with Crippen molar-refractivity contribution in [3.05, 3.63) is 23.0 Å². The van der Waals surface area contributed by atoms with E-state index >= 15 is 0 Å². The van der Waals surface area contributed by atoms with Crippen molar-refractivity contribution in [1.29, 1.82) is 0 Å². The van der Waals surface area contributed by atoms with Crippen molar-refractivity contribution in [2.75, 3.05) is 25.9 Å². The van der Waals surface area contributed by atoms with Gasteiger partial charge in [0, 0.05) is 25.2 Å². The van der Waals surface area contributed by atoms with Crippen LogP contribution in [0, 0.1) is 6.92 Å². The van der Waals surface area contributed by atoms with Crippen LogP contribution in [-0.4, -0.2) is 57.0 Å². The maximum Gasteiger partial charge on any atom is 0.393 e. The second-order valence-corrected chi connectivity index (χ2v) is 9.11. The van der Waals surface area contributed by atoms with Crippen molar-refractivity contribution >= 4 is 27.4 Å². The van der Waals surface area contributed by atoms with E-state index in [4.69, 9.17) is 4.52 Å². The van der Waals surface area contributed by atoms with Crippen LogP contribution in [-0.2, 0) is 14.6 Å². The number of nitrogens with one attached hydrogen (secondary N) is 1. The fraction of sp³-hybridized carbons (Fsp3) is 0.588. The van der Waals surface area contributed by atoms with Gasteiger partial charge < -0.3 is 14.4 Å². The van der Waals surface area contributed by atoms with Gasteiger partial charge in [0.25, 0.3) is 11.6 Å². The number of carbonyl (C=O) groups excluding carboxylic acids is 1. The molecular weight excluding hydrogens is 413 g/mol. The zero-order valence-electron chi connectivity index (χ0n) is 15.9. The minimum atomic E-state index is -4.55. The van der Waals surface area contributed by atoms with Crippen molar-refractivity contribution in [3.8, 4) is 0 Å². The second kappa shape index (κ2) is 8.00. The molecule has 1 aliphatic heterocycles. The third kappa shape index (κ3) is 4.75. The van der Waals surface area contributed by atoms with Crippen LogP contribution >= 0.6 is 0 Å². The number of rotatable bonds is 5. The highest BCUT2D eigenvalue weighted by molar-refractivity contribution is 7.95. The number of hydrogen-bond acceptors (Lipinski definition) is 6. The molecule has 0 aromatic carbocycles. The highest BCUT2D eigenvalue weighted by Gasteiger charge is 2.39. The number of nitrogens with zero attached hydrogens (tertiary/aromatic N) is 3. The molecule has 1 aliphatic rings. The van der Waals surface area contributed by atoms with E-state index in [-0.39, 0.29) is 24.7 Å². The summed E-state index contributed by atoms with van der Waals surface area (Å²) in [4.78, 5) is 16.5. The molecule has 12 heteroatoms. The molecule has 0 aliphatic carbocycles. The molecule has 2 atom stereocenters. The molecule has 0 radical (unpaired) electrons. The van der Waals surface area contributed by atoms with E-state index in [9.17, 15) is 26.7 Å². The van der Waals surface area contributed by atoms with Gasteiger partial charge in [0.1, 0.15) is 16.2 Å². The van der Waals surface area contributed by atoms with Crippen LogP contribution in [0.25, 0.3) is 11.1 Å². The molecule has 0 bridgehead atoms. The Kier molecular flexibility index (Phi) is 5.97. The summed E-state index contributed by atoms with van der Waals surface area (Å²) in [6.07, 6.45) is -4.92. The zero-order valence-corrected chi connectivity index (χ0v) is 16.7. The van der Waals surface area contributed by atoms with Gasteiger partial charge in [-0.05, 0) is 25.8 Å². The third-order valence-electron chi connectivity index (χ3n) is 4.88. The van der Waals surface area contributed by atoms with Gasteiger partial charge in [-0.25, -0.2) is 4.98 Å². The van der Waals surface area contributed by atoms with E-state index in [2.05, 4.69) is 15.5 Å². The Bertz CT molecular complexity index is 962. The van der Waals surface area contributed by atoms with Gasteiger partial charge in [-0.2, -0.15) is 13.2 Å². The Morgan fingerprint density at radius 3 is 2.86 bits per heavy atom. The monoisotopic (exact) mass is 434 g/mol. The Hall–Kier alpha value is -2.05. The summed E-state index contributed by atoms with van der Waals surface area (Å²) in [5, 5.41) is 6.95. The lowest BCUT2D eigenvalue weighted by molar-refractivity contribution is -0.130. The first-order chi connectivity index (χ1) is 13.5. The van der Waals surface area contributed by atoms with E-state index in [1.807, 2.05) is 0 Å². The van der Waals surface area contributed by atoms with Gasteiger partial charge >= 0.3 is 6.18 Å². The van der Waals surface area contributed by atoms with Crippen LogP contribution in [0.1, 0.15) is 46.9 Å². The minimum absolute atomic E-state index is 0.0249. The molecule has 1 fully saturated rings. The van der Waals surface area contributed by atoms with Gasteiger partial charge in [0.05, 0.1) is 29.6 Å². The summed E-state index contributed by atoms with van der Waals surface area (Å²) in [6.45, 7) is 1.82. The first-order valence-corrected chi connectivity index (χ1v) is 10.7. The van der Waals surface area contributed by atoms with Crippen LogP contribution in [0.4, 0.5) is 13.2 Å². The molecule has 160 valence electrons. The highest BCUT2D eigenvalue weighted by atomic mass is 32.3. The summed E-state index contributed by atoms with van der Waals surface area (Å²) in [7, 11) is -2.59. The molecule has 8 nitrogen and oxygen atoms in total. The number of hydrogen-bond donors (Lipinski definition) is 1. The Morgan fingerprint density at radius 1 is 1.48 bits per heavy atom. The normalized spacial score (nSPS) is 20.6. The van der Waals surface area contributed by atoms with Crippen LogP contribution in [0.2, 0.25) is 0 Å². The number of aryl methyl sites for hydroxylation is 1. The van der Waals surface area contributed by atoms with Gasteiger partial charge in [0.15, 0.2) is 0 Å². The minimum Gasteiger partial charge on any atom is -0.598 e. The molecule has 1 N–H and O–H groups in total. The number of carbonyl (C=O) groups is 1. The lowest BCUT2D eigenvalue weighted by Crippen LogP contribution is -2.45. The second-order valence-electron chi connectivity index (χ2n) is 7.02. The molecule has 2 unspecified atom stereocenters. The number of piperidine rings is 1. The van der Waals surface area contributed by atoms with Crippen molar-refractivity contribution in [1.82, 2.24) is 19.8 Å². The summed E-state index contributed by atoms with van der Waals surface area (Å²) in [5.41, 5.74) is 1.42. The van der Waals surface area contributed by atoms with E-state index in [0.29, 0.717) is 35.2 Å². The average molecular weight is 434 g/mol. The first-order valence-electron chi connectivity index (χ1n) is 9.05. The zero-order chi connectivity index (χ0) is 21.4. The predicted molar refractivity (Wildman–Crippen MR) is 97.8 cm³/mol. The number of fused-ring (bicyclic) bond motifs is 1. The first kappa shape index (κ1) is 21.7. The maximum atomic E-state index is 12.5. The van der Waals surface area contributed by atoms with Crippen LogP contribution in [0.5, 0.6) is 0 Å². The molecule has 2 aromatic heterocycles. The molecule has 1 amide bonds. The quantitative estimate of drug-likeness (QED) is 0.724. The summed E-state index contributed by atoms with van der Waals surface area (Å²) < 4.78 is 68.5. The lowest BCUT2D eigenvalue weighted by atomic mass is 9.93. The summed E-state index contributed by atoms with van der Waals surface area (Å²) >= 11 is 0. The maximum absolute atomic E-state index is 12.5. The molecule has 3 rings (SSSR count). The molecule has 29 heavy (non-hydrogen) atoms. The van der Waals surface area contributed by atoms with E-state index in [1.54, 1.807) is 13.0 Å². The van der Waals surface area contributed by atoms with E-state index in [0.717, 1.165) is 4.31 Å². The molecule has 1 saturated heterocycles. The summed E-state index contributed by atoms with van der Waals surface area (Å²) in [6, 6.07) is 1.59. The third-order valence-corrected chi connectivity index (χ3v) is 6.72. The SMILES string of the molecule is CNC(=O)c1cc(C)nc2onc(C3CCCN([S+](=O)([O-])CCC(F)(F)F)C3)c12. The number of alkyl halides is 3. The van der Waals surface area contributed by atoms with Crippen LogP contribution in [0.3, 0.4) is 0 Å². The van der Waals surface area contributed by atoms with Crippen molar-refractivity contribution in [2.24, 2.45) is 0 Å². The fourth-order valence-electron chi connectivity index (χ4n) is 3.48. The highest BCUT2D eigenvalue weighted by Crippen LogP contribution is 2.35. The lowest BCUT2D eigenvalue weighted by Gasteiger charge is -2.34. The molecule has 0 spiro atoms. The summed E-state index contributed by atoms with van der Waals surface area (Å²) in [5.74, 6) is -1.78. The number of halogens is 3. The van der Waals surface area contributed by atoms with Gasteiger partial charge in [0.2, 0.25) is 0 Å². The predicted octanol–water partition coefficient (Wildman–Crippen LogP) is 2.57. The topological polar surface area (TPSA) is 111 Å². The van der Waals surface area contributed by atoms with Gasteiger partial charge in [-0.3, -0.25) is 4.79 Å². The fourth-order valence-corrected chi connectivity index (χ4v) is 5.04.